The first-order valence-corrected chi connectivity index (χ1v) is 5.61. The molecule has 0 saturated heterocycles. The Hall–Kier alpha value is -1.20. The van der Waals surface area contributed by atoms with E-state index in [0.29, 0.717) is 22.9 Å². The van der Waals surface area contributed by atoms with Gasteiger partial charge in [-0.1, -0.05) is 11.6 Å². The van der Waals surface area contributed by atoms with E-state index in [1.165, 1.54) is 6.20 Å². The molecule has 1 fully saturated rings. The van der Waals surface area contributed by atoms with Crippen molar-refractivity contribution in [3.63, 3.8) is 0 Å². The SMILES string of the molecule is OC1(Cn2ncc3ncc(Cl)nc32)CCC1. The number of hydrogen-bond donors (Lipinski definition) is 1. The lowest BCUT2D eigenvalue weighted by atomic mass is 9.80. The van der Waals surface area contributed by atoms with Crippen molar-refractivity contribution >= 4 is 22.8 Å². The van der Waals surface area contributed by atoms with Crippen LogP contribution in [-0.2, 0) is 6.54 Å². The molecular weight excluding hydrogens is 228 g/mol. The summed E-state index contributed by atoms with van der Waals surface area (Å²) in [7, 11) is 0. The van der Waals surface area contributed by atoms with Crippen molar-refractivity contribution in [1.29, 1.82) is 0 Å². The highest BCUT2D eigenvalue weighted by Gasteiger charge is 2.35. The average Bonchev–Trinajstić information content (AvgIpc) is 2.59. The van der Waals surface area contributed by atoms with Gasteiger partial charge in [0.15, 0.2) is 5.65 Å². The van der Waals surface area contributed by atoms with E-state index in [0.717, 1.165) is 19.3 Å². The molecule has 84 valence electrons. The van der Waals surface area contributed by atoms with Gasteiger partial charge >= 0.3 is 0 Å². The monoisotopic (exact) mass is 238 g/mol. The molecule has 0 aliphatic heterocycles. The van der Waals surface area contributed by atoms with Gasteiger partial charge in [-0.15, -0.1) is 0 Å². The van der Waals surface area contributed by atoms with Crippen LogP contribution >= 0.6 is 11.6 Å². The maximum Gasteiger partial charge on any atom is 0.178 e. The Morgan fingerprint density at radius 3 is 2.94 bits per heavy atom. The number of rotatable bonds is 2. The second-order valence-corrected chi connectivity index (χ2v) is 4.67. The van der Waals surface area contributed by atoms with Crippen LogP contribution in [0.5, 0.6) is 0 Å². The zero-order chi connectivity index (χ0) is 11.2. The lowest BCUT2D eigenvalue weighted by Crippen LogP contribution is -2.41. The Kier molecular flexibility index (Phi) is 2.12. The van der Waals surface area contributed by atoms with Crippen LogP contribution in [0.3, 0.4) is 0 Å². The molecule has 2 heterocycles. The van der Waals surface area contributed by atoms with Crippen molar-refractivity contribution in [2.24, 2.45) is 0 Å². The number of hydrogen-bond acceptors (Lipinski definition) is 4. The quantitative estimate of drug-likeness (QED) is 0.859. The predicted molar refractivity (Wildman–Crippen MR) is 59.1 cm³/mol. The summed E-state index contributed by atoms with van der Waals surface area (Å²) in [6.45, 7) is 0.464. The Balaban J connectivity index is 2.00. The molecule has 0 spiro atoms. The van der Waals surface area contributed by atoms with Gasteiger partial charge in [-0.2, -0.15) is 5.10 Å². The summed E-state index contributed by atoms with van der Waals surface area (Å²) in [5.41, 5.74) is 0.711. The van der Waals surface area contributed by atoms with Crippen LogP contribution < -0.4 is 0 Å². The molecule has 0 unspecified atom stereocenters. The van der Waals surface area contributed by atoms with Crippen LogP contribution in [0.25, 0.3) is 11.2 Å². The molecule has 16 heavy (non-hydrogen) atoms. The van der Waals surface area contributed by atoms with Gasteiger partial charge in [0.25, 0.3) is 0 Å². The Bertz CT molecular complexity index is 535. The molecule has 1 N–H and O–H groups in total. The van der Waals surface area contributed by atoms with Crippen LogP contribution in [0.1, 0.15) is 19.3 Å². The molecule has 2 aromatic heterocycles. The Morgan fingerprint density at radius 1 is 1.44 bits per heavy atom. The standard InChI is InChI=1S/C10H11ClN4O/c11-8-5-12-7-4-13-15(9(7)14-8)6-10(16)2-1-3-10/h4-5,16H,1-3,6H2. The molecule has 5 nitrogen and oxygen atoms in total. The van der Waals surface area contributed by atoms with E-state index in [-0.39, 0.29) is 0 Å². The molecule has 6 heteroatoms. The van der Waals surface area contributed by atoms with Gasteiger partial charge < -0.3 is 5.11 Å². The summed E-state index contributed by atoms with van der Waals surface area (Å²) in [5, 5.41) is 14.6. The van der Waals surface area contributed by atoms with Gasteiger partial charge in [-0.05, 0) is 19.3 Å². The maximum atomic E-state index is 10.1. The zero-order valence-corrected chi connectivity index (χ0v) is 9.35. The van der Waals surface area contributed by atoms with Crippen LogP contribution in [-0.4, -0.2) is 30.5 Å². The number of fused-ring (bicyclic) bond motifs is 1. The summed E-state index contributed by atoms with van der Waals surface area (Å²) in [6, 6.07) is 0. The second kappa shape index (κ2) is 3.40. The molecular formula is C10H11ClN4O. The summed E-state index contributed by atoms with van der Waals surface area (Å²) >= 11 is 5.79. The molecule has 3 rings (SSSR count). The van der Waals surface area contributed by atoms with Gasteiger partial charge in [-0.25, -0.2) is 14.6 Å². The molecule has 0 aromatic carbocycles. The van der Waals surface area contributed by atoms with Crippen LogP contribution in [0.4, 0.5) is 0 Å². The highest BCUT2D eigenvalue weighted by atomic mass is 35.5. The van der Waals surface area contributed by atoms with Crippen molar-refractivity contribution in [2.45, 2.75) is 31.4 Å². The van der Waals surface area contributed by atoms with E-state index in [1.807, 2.05) is 0 Å². The number of aliphatic hydroxyl groups is 1. The summed E-state index contributed by atoms with van der Waals surface area (Å²) in [4.78, 5) is 8.29. The third-order valence-corrected chi connectivity index (χ3v) is 3.23. The molecule has 0 bridgehead atoms. The second-order valence-electron chi connectivity index (χ2n) is 4.28. The normalized spacial score (nSPS) is 18.6. The molecule has 0 amide bonds. The van der Waals surface area contributed by atoms with Gasteiger partial charge in [0.1, 0.15) is 10.7 Å². The van der Waals surface area contributed by atoms with Crippen LogP contribution in [0, 0.1) is 0 Å². The molecule has 1 aliphatic carbocycles. The molecule has 1 saturated carbocycles. The van der Waals surface area contributed by atoms with Crippen molar-refractivity contribution in [3.8, 4) is 0 Å². The van der Waals surface area contributed by atoms with E-state index < -0.39 is 5.60 Å². The third kappa shape index (κ3) is 1.56. The maximum absolute atomic E-state index is 10.1. The van der Waals surface area contributed by atoms with E-state index >= 15 is 0 Å². The van der Waals surface area contributed by atoms with Gasteiger partial charge in [-0.3, -0.25) is 0 Å². The number of halogens is 1. The Morgan fingerprint density at radius 2 is 2.25 bits per heavy atom. The highest BCUT2D eigenvalue weighted by Crippen LogP contribution is 2.33. The van der Waals surface area contributed by atoms with E-state index in [2.05, 4.69) is 15.1 Å². The van der Waals surface area contributed by atoms with Crippen molar-refractivity contribution in [2.75, 3.05) is 0 Å². The minimum Gasteiger partial charge on any atom is -0.388 e. The summed E-state index contributed by atoms with van der Waals surface area (Å²) in [6.07, 6.45) is 5.85. The lowest BCUT2D eigenvalue weighted by Gasteiger charge is -2.36. The average molecular weight is 239 g/mol. The molecule has 0 radical (unpaired) electrons. The zero-order valence-electron chi connectivity index (χ0n) is 8.60. The first-order valence-electron chi connectivity index (χ1n) is 5.23. The van der Waals surface area contributed by atoms with Gasteiger partial charge in [0, 0.05) is 0 Å². The number of aromatic nitrogens is 4. The molecule has 0 atom stereocenters. The van der Waals surface area contributed by atoms with E-state index in [4.69, 9.17) is 11.6 Å². The van der Waals surface area contributed by atoms with E-state index in [1.54, 1.807) is 10.9 Å². The minimum atomic E-state index is -0.622. The number of nitrogens with zero attached hydrogens (tertiary/aromatic N) is 4. The van der Waals surface area contributed by atoms with Crippen molar-refractivity contribution in [3.05, 3.63) is 17.5 Å². The third-order valence-electron chi connectivity index (χ3n) is 3.04. The smallest absolute Gasteiger partial charge is 0.178 e. The Labute approximate surface area is 97.1 Å². The highest BCUT2D eigenvalue weighted by molar-refractivity contribution is 6.29. The first kappa shape index (κ1) is 9.99. The van der Waals surface area contributed by atoms with Crippen LogP contribution in [0.2, 0.25) is 5.15 Å². The van der Waals surface area contributed by atoms with Gasteiger partial charge in [0.2, 0.25) is 0 Å². The fourth-order valence-corrected chi connectivity index (χ4v) is 2.09. The van der Waals surface area contributed by atoms with Crippen molar-refractivity contribution < 1.29 is 5.11 Å². The molecule has 2 aromatic rings. The van der Waals surface area contributed by atoms with Gasteiger partial charge in [0.05, 0.1) is 24.5 Å². The van der Waals surface area contributed by atoms with Crippen LogP contribution in [0.15, 0.2) is 12.4 Å². The fraction of sp³-hybridized carbons (Fsp3) is 0.500. The topological polar surface area (TPSA) is 63.8 Å². The summed E-state index contributed by atoms with van der Waals surface area (Å²) in [5.74, 6) is 0. The minimum absolute atomic E-state index is 0.342. The van der Waals surface area contributed by atoms with E-state index in [9.17, 15) is 5.11 Å². The predicted octanol–water partition coefficient (Wildman–Crippen LogP) is 1.39. The van der Waals surface area contributed by atoms with Crippen molar-refractivity contribution in [1.82, 2.24) is 19.7 Å². The lowest BCUT2D eigenvalue weighted by molar-refractivity contribution is -0.0489. The molecule has 1 aliphatic rings. The fourth-order valence-electron chi connectivity index (χ4n) is 1.97. The largest absolute Gasteiger partial charge is 0.388 e. The first-order chi connectivity index (χ1) is 7.66. The summed E-state index contributed by atoms with van der Waals surface area (Å²) < 4.78 is 1.67.